The van der Waals surface area contributed by atoms with Gasteiger partial charge in [-0.1, -0.05) is 44.9 Å². The standard InChI is InChI=1S/C30H38O6/c1-3-5-6-9-22-34-27-17-19-28(20-18-27)36-30(32)21-14-25-12-15-26(16-13-25)33-23-10-7-8-11-24-35-29(31)4-2/h4,12-21H,2-3,5-11,22-24H2,1H3. The molecule has 0 bridgehead atoms. The summed E-state index contributed by atoms with van der Waals surface area (Å²) in [5.74, 6) is 1.21. The molecule has 0 fully saturated rings. The van der Waals surface area contributed by atoms with Gasteiger partial charge in [-0.05, 0) is 80.1 Å². The largest absolute Gasteiger partial charge is 0.494 e. The second kappa shape index (κ2) is 17.8. The van der Waals surface area contributed by atoms with E-state index in [1.54, 1.807) is 18.2 Å². The highest BCUT2D eigenvalue weighted by Crippen LogP contribution is 2.19. The minimum absolute atomic E-state index is 0.377. The number of ether oxygens (including phenoxy) is 4. The molecule has 194 valence electrons. The topological polar surface area (TPSA) is 71.1 Å². The first-order chi connectivity index (χ1) is 17.6. The number of hydrogen-bond donors (Lipinski definition) is 0. The second-order valence-electron chi connectivity index (χ2n) is 8.34. The Morgan fingerprint density at radius 3 is 1.81 bits per heavy atom. The molecule has 0 heterocycles. The Morgan fingerprint density at radius 2 is 1.22 bits per heavy atom. The van der Waals surface area contributed by atoms with Crippen molar-refractivity contribution in [2.75, 3.05) is 19.8 Å². The summed E-state index contributed by atoms with van der Waals surface area (Å²) in [4.78, 5) is 23.1. The molecule has 6 heteroatoms. The predicted octanol–water partition coefficient (Wildman–Crippen LogP) is 6.93. The third-order valence-electron chi connectivity index (χ3n) is 5.32. The predicted molar refractivity (Wildman–Crippen MR) is 142 cm³/mol. The molecule has 0 saturated heterocycles. The molecular formula is C30H38O6. The van der Waals surface area contributed by atoms with Crippen molar-refractivity contribution in [1.29, 1.82) is 0 Å². The summed E-state index contributed by atoms with van der Waals surface area (Å²) in [5, 5.41) is 0. The summed E-state index contributed by atoms with van der Waals surface area (Å²) < 4.78 is 21.8. The SMILES string of the molecule is C=CC(=O)OCCCCCCOc1ccc(C=CC(=O)Oc2ccc(OCCCCCC)cc2)cc1. The minimum Gasteiger partial charge on any atom is -0.494 e. The second-order valence-corrected chi connectivity index (χ2v) is 8.34. The Labute approximate surface area is 214 Å². The molecule has 0 aliphatic heterocycles. The lowest BCUT2D eigenvalue weighted by Gasteiger charge is -2.07. The van der Waals surface area contributed by atoms with Crippen molar-refractivity contribution >= 4 is 18.0 Å². The zero-order chi connectivity index (χ0) is 25.8. The molecule has 0 unspecified atom stereocenters. The van der Waals surface area contributed by atoms with E-state index < -0.39 is 5.97 Å². The van der Waals surface area contributed by atoms with Gasteiger partial charge in [0, 0.05) is 12.2 Å². The van der Waals surface area contributed by atoms with Gasteiger partial charge >= 0.3 is 11.9 Å². The van der Waals surface area contributed by atoms with E-state index in [0.717, 1.165) is 49.2 Å². The molecule has 0 amide bonds. The average Bonchev–Trinajstić information content (AvgIpc) is 2.90. The van der Waals surface area contributed by atoms with Gasteiger partial charge in [-0.25, -0.2) is 9.59 Å². The fourth-order valence-electron chi connectivity index (χ4n) is 3.29. The third-order valence-corrected chi connectivity index (χ3v) is 5.32. The summed E-state index contributed by atoms with van der Waals surface area (Å²) in [6.07, 6.45) is 12.7. The van der Waals surface area contributed by atoms with Crippen molar-refractivity contribution in [1.82, 2.24) is 0 Å². The zero-order valence-electron chi connectivity index (χ0n) is 21.3. The highest BCUT2D eigenvalue weighted by Gasteiger charge is 2.02. The van der Waals surface area contributed by atoms with Crippen LogP contribution in [0.15, 0.2) is 67.3 Å². The normalized spacial score (nSPS) is 10.7. The number of carbonyl (C=O) groups excluding carboxylic acids is 2. The maximum atomic E-state index is 12.1. The zero-order valence-corrected chi connectivity index (χ0v) is 21.3. The third kappa shape index (κ3) is 12.8. The Bertz CT molecular complexity index is 931. The summed E-state index contributed by atoms with van der Waals surface area (Å²) in [7, 11) is 0. The Morgan fingerprint density at radius 1 is 0.694 bits per heavy atom. The number of benzene rings is 2. The van der Waals surface area contributed by atoms with Gasteiger partial charge in [0.05, 0.1) is 19.8 Å². The van der Waals surface area contributed by atoms with Crippen LogP contribution in [0, 0.1) is 0 Å². The van der Waals surface area contributed by atoms with Crippen LogP contribution in [0.1, 0.15) is 63.9 Å². The number of esters is 2. The van der Waals surface area contributed by atoms with Crippen LogP contribution in [0.2, 0.25) is 0 Å². The first-order valence-corrected chi connectivity index (χ1v) is 12.8. The molecule has 0 spiro atoms. The monoisotopic (exact) mass is 494 g/mol. The molecule has 0 atom stereocenters. The van der Waals surface area contributed by atoms with E-state index in [2.05, 4.69) is 13.5 Å². The summed E-state index contributed by atoms with van der Waals surface area (Å²) in [5.41, 5.74) is 0.875. The average molecular weight is 495 g/mol. The smallest absolute Gasteiger partial charge is 0.336 e. The molecule has 0 N–H and O–H groups in total. The maximum absolute atomic E-state index is 12.1. The van der Waals surface area contributed by atoms with Gasteiger partial charge in [0.1, 0.15) is 17.2 Å². The molecule has 6 nitrogen and oxygen atoms in total. The summed E-state index contributed by atoms with van der Waals surface area (Å²) in [6.45, 7) is 7.29. The van der Waals surface area contributed by atoms with E-state index in [0.29, 0.717) is 25.6 Å². The molecule has 0 radical (unpaired) electrons. The van der Waals surface area contributed by atoms with Gasteiger partial charge in [0.15, 0.2) is 0 Å². The Kier molecular flexibility index (Phi) is 14.2. The van der Waals surface area contributed by atoms with Gasteiger partial charge in [-0.15, -0.1) is 0 Å². The van der Waals surface area contributed by atoms with Crippen molar-refractivity contribution in [3.8, 4) is 17.2 Å². The van der Waals surface area contributed by atoms with E-state index >= 15 is 0 Å². The lowest BCUT2D eigenvalue weighted by Crippen LogP contribution is -2.03. The van der Waals surface area contributed by atoms with Crippen LogP contribution in [0.5, 0.6) is 17.2 Å². The Hall–Kier alpha value is -3.54. The van der Waals surface area contributed by atoms with Crippen molar-refractivity contribution in [3.05, 3.63) is 72.8 Å². The van der Waals surface area contributed by atoms with Crippen molar-refractivity contribution in [2.24, 2.45) is 0 Å². The van der Waals surface area contributed by atoms with E-state index in [1.165, 1.54) is 31.4 Å². The Balaban J connectivity index is 1.62. The minimum atomic E-state index is -0.442. The van der Waals surface area contributed by atoms with Crippen LogP contribution in [-0.2, 0) is 14.3 Å². The van der Waals surface area contributed by atoms with Gasteiger partial charge in [-0.3, -0.25) is 0 Å². The van der Waals surface area contributed by atoms with Crippen LogP contribution in [0.4, 0.5) is 0 Å². The highest BCUT2D eigenvalue weighted by molar-refractivity contribution is 5.88. The van der Waals surface area contributed by atoms with Crippen LogP contribution in [-0.4, -0.2) is 31.8 Å². The fourth-order valence-corrected chi connectivity index (χ4v) is 3.29. The van der Waals surface area contributed by atoms with Crippen molar-refractivity contribution in [3.63, 3.8) is 0 Å². The van der Waals surface area contributed by atoms with Crippen LogP contribution < -0.4 is 14.2 Å². The van der Waals surface area contributed by atoms with E-state index in [1.807, 2.05) is 36.4 Å². The van der Waals surface area contributed by atoms with E-state index in [4.69, 9.17) is 18.9 Å². The number of unbranched alkanes of at least 4 members (excludes halogenated alkanes) is 6. The number of hydrogen-bond acceptors (Lipinski definition) is 6. The van der Waals surface area contributed by atoms with Crippen molar-refractivity contribution in [2.45, 2.75) is 58.3 Å². The van der Waals surface area contributed by atoms with Gasteiger partial charge in [-0.2, -0.15) is 0 Å². The van der Waals surface area contributed by atoms with Gasteiger partial charge < -0.3 is 18.9 Å². The number of carbonyl (C=O) groups is 2. The summed E-state index contributed by atoms with van der Waals surface area (Å²) in [6, 6.07) is 14.6. The molecule has 0 aromatic heterocycles. The lowest BCUT2D eigenvalue weighted by molar-refractivity contribution is -0.137. The highest BCUT2D eigenvalue weighted by atomic mass is 16.5. The molecular weight excluding hydrogens is 456 g/mol. The summed E-state index contributed by atoms with van der Waals surface area (Å²) >= 11 is 0. The number of rotatable bonds is 18. The van der Waals surface area contributed by atoms with Gasteiger partial charge in [0.2, 0.25) is 0 Å². The molecule has 0 aliphatic rings. The van der Waals surface area contributed by atoms with Crippen LogP contribution in [0.3, 0.4) is 0 Å². The van der Waals surface area contributed by atoms with Crippen LogP contribution in [0.25, 0.3) is 6.08 Å². The van der Waals surface area contributed by atoms with Crippen LogP contribution >= 0.6 is 0 Å². The molecule has 0 saturated carbocycles. The molecule has 2 aromatic carbocycles. The quantitative estimate of drug-likeness (QED) is 0.0968. The van der Waals surface area contributed by atoms with E-state index in [9.17, 15) is 9.59 Å². The van der Waals surface area contributed by atoms with E-state index in [-0.39, 0.29) is 5.97 Å². The molecule has 36 heavy (non-hydrogen) atoms. The maximum Gasteiger partial charge on any atom is 0.336 e. The van der Waals surface area contributed by atoms with Crippen molar-refractivity contribution < 1.29 is 28.5 Å². The first-order valence-electron chi connectivity index (χ1n) is 12.8. The first kappa shape index (κ1) is 28.7. The lowest BCUT2D eigenvalue weighted by atomic mass is 10.2. The molecule has 2 aromatic rings. The molecule has 0 aliphatic carbocycles. The molecule has 2 rings (SSSR count). The van der Waals surface area contributed by atoms with Gasteiger partial charge in [0.25, 0.3) is 0 Å². The fraction of sp³-hybridized carbons (Fsp3) is 0.400.